The van der Waals surface area contributed by atoms with Crippen LogP contribution in [0.3, 0.4) is 0 Å². The summed E-state index contributed by atoms with van der Waals surface area (Å²) in [6, 6.07) is -0.731. The van der Waals surface area contributed by atoms with E-state index in [1.807, 2.05) is 6.26 Å². The third-order valence-corrected chi connectivity index (χ3v) is 4.33. The fraction of sp³-hybridized carbons (Fsp3) is 0.800. The highest BCUT2D eigenvalue weighted by atomic mass is 32.2. The van der Waals surface area contributed by atoms with Gasteiger partial charge >= 0.3 is 5.97 Å². The van der Waals surface area contributed by atoms with E-state index in [0.717, 1.165) is 23.7 Å². The van der Waals surface area contributed by atoms with Crippen LogP contribution in [0.5, 0.6) is 0 Å². The molecule has 16 heavy (non-hydrogen) atoms. The van der Waals surface area contributed by atoms with Gasteiger partial charge < -0.3 is 10.4 Å². The average Bonchev–Trinajstić information content (AvgIpc) is 2.76. The van der Waals surface area contributed by atoms with E-state index in [1.165, 1.54) is 0 Å². The number of thioether (sulfide) groups is 2. The van der Waals surface area contributed by atoms with Crippen LogP contribution in [0.15, 0.2) is 0 Å². The zero-order valence-corrected chi connectivity index (χ0v) is 10.9. The number of carboxylic acid groups (broad SMARTS) is 1. The molecule has 1 aliphatic heterocycles. The monoisotopic (exact) mass is 263 g/mol. The number of nitrogens with one attached hydrogen (secondary N) is 1. The van der Waals surface area contributed by atoms with E-state index in [9.17, 15) is 9.59 Å². The Labute approximate surface area is 104 Å². The highest BCUT2D eigenvalue weighted by Crippen LogP contribution is 2.23. The van der Waals surface area contributed by atoms with Gasteiger partial charge in [0.15, 0.2) is 0 Å². The van der Waals surface area contributed by atoms with Gasteiger partial charge in [0, 0.05) is 11.7 Å². The lowest BCUT2D eigenvalue weighted by Gasteiger charge is -2.16. The molecule has 1 saturated heterocycles. The zero-order valence-electron chi connectivity index (χ0n) is 9.27. The third kappa shape index (κ3) is 4.25. The molecule has 0 aromatic carbocycles. The van der Waals surface area contributed by atoms with Gasteiger partial charge in [-0.05, 0) is 30.6 Å². The molecular weight excluding hydrogens is 246 g/mol. The molecule has 1 amide bonds. The van der Waals surface area contributed by atoms with E-state index in [2.05, 4.69) is 5.32 Å². The van der Waals surface area contributed by atoms with Crippen molar-refractivity contribution in [2.24, 2.45) is 5.92 Å². The van der Waals surface area contributed by atoms with Gasteiger partial charge in [-0.3, -0.25) is 4.79 Å². The van der Waals surface area contributed by atoms with E-state index < -0.39 is 12.0 Å². The van der Waals surface area contributed by atoms with E-state index >= 15 is 0 Å². The number of rotatable bonds is 6. The minimum atomic E-state index is -0.937. The van der Waals surface area contributed by atoms with Crippen LogP contribution in [0.2, 0.25) is 0 Å². The summed E-state index contributed by atoms with van der Waals surface area (Å²) in [5.74, 6) is 1.53. The summed E-state index contributed by atoms with van der Waals surface area (Å²) in [7, 11) is 0. The van der Waals surface area contributed by atoms with Gasteiger partial charge in [0.05, 0.1) is 0 Å². The first kappa shape index (κ1) is 13.7. The van der Waals surface area contributed by atoms with Crippen molar-refractivity contribution in [2.75, 3.05) is 23.5 Å². The number of amides is 1. The van der Waals surface area contributed by atoms with Crippen LogP contribution < -0.4 is 5.32 Å². The molecule has 0 aromatic heterocycles. The van der Waals surface area contributed by atoms with E-state index in [-0.39, 0.29) is 11.8 Å². The second-order valence-electron chi connectivity index (χ2n) is 3.74. The lowest BCUT2D eigenvalue weighted by atomic mass is 10.1. The lowest BCUT2D eigenvalue weighted by Crippen LogP contribution is -2.44. The number of carbonyl (C=O) groups is 2. The van der Waals surface area contributed by atoms with E-state index in [1.54, 1.807) is 23.5 Å². The Bertz CT molecular complexity index is 254. The Kier molecular flexibility index (Phi) is 6.05. The molecule has 1 fully saturated rings. The van der Waals surface area contributed by atoms with Crippen LogP contribution in [-0.4, -0.2) is 46.5 Å². The van der Waals surface area contributed by atoms with Crippen molar-refractivity contribution in [3.63, 3.8) is 0 Å². The molecule has 2 N–H and O–H groups in total. The SMILES string of the molecule is CSCC[C@@H](NC(=O)C1CCSC1)C(=O)O. The first-order valence-corrected chi connectivity index (χ1v) is 7.80. The molecule has 6 heteroatoms. The maximum Gasteiger partial charge on any atom is 0.326 e. The maximum absolute atomic E-state index is 11.7. The van der Waals surface area contributed by atoms with Crippen LogP contribution in [0, 0.1) is 5.92 Å². The van der Waals surface area contributed by atoms with Crippen molar-refractivity contribution in [3.8, 4) is 0 Å². The van der Waals surface area contributed by atoms with Gasteiger partial charge in [0.25, 0.3) is 0 Å². The first-order valence-electron chi connectivity index (χ1n) is 5.25. The summed E-state index contributed by atoms with van der Waals surface area (Å²) < 4.78 is 0. The molecule has 92 valence electrons. The Morgan fingerprint density at radius 3 is 2.88 bits per heavy atom. The summed E-state index contributed by atoms with van der Waals surface area (Å²) in [6.07, 6.45) is 3.28. The molecule has 0 spiro atoms. The largest absolute Gasteiger partial charge is 0.480 e. The third-order valence-electron chi connectivity index (χ3n) is 2.53. The fourth-order valence-electron chi connectivity index (χ4n) is 1.52. The highest BCUT2D eigenvalue weighted by molar-refractivity contribution is 7.99. The quantitative estimate of drug-likeness (QED) is 0.750. The molecule has 1 unspecified atom stereocenters. The first-order chi connectivity index (χ1) is 7.65. The topological polar surface area (TPSA) is 66.4 Å². The fourth-order valence-corrected chi connectivity index (χ4v) is 3.22. The van der Waals surface area contributed by atoms with Gasteiger partial charge in [-0.25, -0.2) is 4.79 Å². The Balaban J connectivity index is 2.40. The molecule has 1 rings (SSSR count). The molecule has 4 nitrogen and oxygen atoms in total. The molecule has 0 aromatic rings. The summed E-state index contributed by atoms with van der Waals surface area (Å²) in [6.45, 7) is 0. The van der Waals surface area contributed by atoms with Gasteiger partial charge in [-0.1, -0.05) is 0 Å². The summed E-state index contributed by atoms with van der Waals surface area (Å²) in [5, 5.41) is 11.6. The van der Waals surface area contributed by atoms with Crippen LogP contribution in [0.1, 0.15) is 12.8 Å². The molecule has 1 heterocycles. The van der Waals surface area contributed by atoms with Gasteiger partial charge in [-0.2, -0.15) is 23.5 Å². The molecule has 0 radical (unpaired) electrons. The van der Waals surface area contributed by atoms with Crippen LogP contribution in [-0.2, 0) is 9.59 Å². The molecule has 0 aliphatic carbocycles. The van der Waals surface area contributed by atoms with Crippen LogP contribution >= 0.6 is 23.5 Å². The predicted molar refractivity (Wildman–Crippen MR) is 68.0 cm³/mol. The van der Waals surface area contributed by atoms with Crippen molar-refractivity contribution >= 4 is 35.4 Å². The summed E-state index contributed by atoms with van der Waals surface area (Å²) in [5.41, 5.74) is 0. The lowest BCUT2D eigenvalue weighted by molar-refractivity contribution is -0.142. The number of hydrogen-bond acceptors (Lipinski definition) is 4. The summed E-state index contributed by atoms with van der Waals surface area (Å²) >= 11 is 3.34. The van der Waals surface area contributed by atoms with Crippen molar-refractivity contribution in [3.05, 3.63) is 0 Å². The van der Waals surface area contributed by atoms with E-state index in [0.29, 0.717) is 6.42 Å². The summed E-state index contributed by atoms with van der Waals surface area (Å²) in [4.78, 5) is 22.7. The predicted octanol–water partition coefficient (Wildman–Crippen LogP) is 1.06. The number of carboxylic acids is 1. The normalized spacial score (nSPS) is 21.7. The Hall–Kier alpha value is -0.360. The standard InChI is InChI=1S/C10H17NO3S2/c1-15-4-3-8(10(13)14)11-9(12)7-2-5-16-6-7/h7-8H,2-6H2,1H3,(H,11,12)(H,13,14)/t7?,8-/m1/s1. The minimum absolute atomic E-state index is 0.00105. The van der Waals surface area contributed by atoms with Crippen LogP contribution in [0.4, 0.5) is 0 Å². The zero-order chi connectivity index (χ0) is 12.0. The van der Waals surface area contributed by atoms with E-state index in [4.69, 9.17) is 5.11 Å². The van der Waals surface area contributed by atoms with Crippen molar-refractivity contribution < 1.29 is 14.7 Å². The second-order valence-corrected chi connectivity index (χ2v) is 5.88. The van der Waals surface area contributed by atoms with Gasteiger partial charge in [-0.15, -0.1) is 0 Å². The number of carbonyl (C=O) groups excluding carboxylic acids is 1. The molecule has 1 aliphatic rings. The Morgan fingerprint density at radius 1 is 1.62 bits per heavy atom. The highest BCUT2D eigenvalue weighted by Gasteiger charge is 2.27. The molecule has 0 bridgehead atoms. The maximum atomic E-state index is 11.7. The molecular formula is C10H17NO3S2. The average molecular weight is 263 g/mol. The molecule has 2 atom stereocenters. The number of hydrogen-bond donors (Lipinski definition) is 2. The van der Waals surface area contributed by atoms with Crippen molar-refractivity contribution in [2.45, 2.75) is 18.9 Å². The second kappa shape index (κ2) is 7.06. The Morgan fingerprint density at radius 2 is 2.38 bits per heavy atom. The number of aliphatic carboxylic acids is 1. The van der Waals surface area contributed by atoms with Gasteiger partial charge in [0.2, 0.25) is 5.91 Å². The minimum Gasteiger partial charge on any atom is -0.480 e. The smallest absolute Gasteiger partial charge is 0.326 e. The molecule has 0 saturated carbocycles. The van der Waals surface area contributed by atoms with Gasteiger partial charge in [0.1, 0.15) is 6.04 Å². The van der Waals surface area contributed by atoms with Crippen molar-refractivity contribution in [1.82, 2.24) is 5.32 Å². The van der Waals surface area contributed by atoms with Crippen molar-refractivity contribution in [1.29, 1.82) is 0 Å². The van der Waals surface area contributed by atoms with Crippen LogP contribution in [0.25, 0.3) is 0 Å².